The van der Waals surface area contributed by atoms with Crippen LogP contribution in [0.4, 0.5) is 0 Å². The number of ketones is 3. The third kappa shape index (κ3) is 4.51. The summed E-state index contributed by atoms with van der Waals surface area (Å²) in [6.45, 7) is 1.82. The number of Topliss-reactive ketones (excluding diaryl/α,β-unsaturated/α-hetero) is 1. The number of hydrogen-bond donors (Lipinski definition) is 4. The monoisotopic (exact) mass is 641 g/mol. The van der Waals surface area contributed by atoms with Gasteiger partial charge in [-0.15, -0.1) is 0 Å². The van der Waals surface area contributed by atoms with Crippen LogP contribution in [0.2, 0.25) is 0 Å². The highest BCUT2D eigenvalue weighted by Gasteiger charge is 2.55. The van der Waals surface area contributed by atoms with Crippen LogP contribution in [0.15, 0.2) is 18.2 Å². The van der Waals surface area contributed by atoms with Crippen LogP contribution in [0.25, 0.3) is 0 Å². The molecule has 4 N–H and O–H groups in total. The summed E-state index contributed by atoms with van der Waals surface area (Å²) in [5.41, 5.74) is -3.43. The Morgan fingerprint density at radius 2 is 1.85 bits per heavy atom. The third-order valence-electron chi connectivity index (χ3n) is 9.84. The number of nitrogens with zero attached hydrogens (tertiary/aromatic N) is 1. The molecule has 2 unspecified atom stereocenters. The van der Waals surface area contributed by atoms with E-state index in [-0.39, 0.29) is 40.1 Å². The second-order valence-corrected chi connectivity index (χ2v) is 12.3. The lowest BCUT2D eigenvalue weighted by molar-refractivity contribution is -0.256. The van der Waals surface area contributed by atoms with Crippen LogP contribution in [0.1, 0.15) is 68.8 Å². The fourth-order valence-electron chi connectivity index (χ4n) is 7.69. The highest BCUT2D eigenvalue weighted by atomic mass is 16.7. The maximum atomic E-state index is 13.9. The molecule has 3 aliphatic heterocycles. The molecule has 2 aliphatic carbocycles. The van der Waals surface area contributed by atoms with Crippen LogP contribution in [0.5, 0.6) is 17.2 Å². The van der Waals surface area contributed by atoms with E-state index < -0.39 is 96.0 Å². The predicted octanol–water partition coefficient (Wildman–Crippen LogP) is 0.711. The number of rotatable bonds is 6. The van der Waals surface area contributed by atoms with E-state index >= 15 is 0 Å². The van der Waals surface area contributed by atoms with E-state index in [2.05, 4.69) is 4.90 Å². The van der Waals surface area contributed by atoms with Gasteiger partial charge in [-0.3, -0.25) is 19.3 Å². The lowest BCUT2D eigenvalue weighted by Gasteiger charge is -2.43. The van der Waals surface area contributed by atoms with Crippen molar-refractivity contribution in [2.24, 2.45) is 0 Å². The normalized spacial score (nSPS) is 33.5. The van der Waals surface area contributed by atoms with Crippen LogP contribution in [-0.4, -0.2) is 119 Å². The Balaban J connectivity index is 1.30. The molecule has 246 valence electrons. The molecule has 0 amide bonds. The van der Waals surface area contributed by atoms with Gasteiger partial charge in [0.05, 0.1) is 42.6 Å². The van der Waals surface area contributed by atoms with Gasteiger partial charge < -0.3 is 48.8 Å². The fourth-order valence-corrected chi connectivity index (χ4v) is 7.69. The molecule has 3 saturated heterocycles. The van der Waals surface area contributed by atoms with Crippen molar-refractivity contribution in [3.05, 3.63) is 51.6 Å². The zero-order valence-electron chi connectivity index (χ0n) is 25.4. The highest BCUT2D eigenvalue weighted by molar-refractivity contribution is 6.31. The number of methoxy groups -OCH3 is 2. The van der Waals surface area contributed by atoms with E-state index in [1.165, 1.54) is 32.4 Å². The molecular weight excluding hydrogens is 606 g/mol. The van der Waals surface area contributed by atoms with E-state index in [4.69, 9.17) is 28.4 Å². The SMILES string of the molecule is COc1cccc2c1C(=O)c1c(O)c3c(c(O)c1C2=O)C[C@@](O)(C(=O)CO)C[C@@H]3OC1C[C@H]2[C@H](OC3[C@@H](OC)OCCN32)[C@H](C)O1. The number of fused-ring (bicyclic) bond motifs is 6. The van der Waals surface area contributed by atoms with Crippen molar-refractivity contribution in [1.29, 1.82) is 0 Å². The number of phenolic OH excluding ortho intramolecular Hbond substituents is 2. The van der Waals surface area contributed by atoms with Crippen LogP contribution in [0.3, 0.4) is 0 Å². The minimum absolute atomic E-state index is 0.0353. The Morgan fingerprint density at radius 1 is 1.09 bits per heavy atom. The first-order valence-electron chi connectivity index (χ1n) is 15.1. The van der Waals surface area contributed by atoms with Gasteiger partial charge in [0.25, 0.3) is 0 Å². The number of aromatic hydroxyl groups is 2. The van der Waals surface area contributed by atoms with Gasteiger partial charge in [-0.2, -0.15) is 0 Å². The molecule has 0 radical (unpaired) electrons. The van der Waals surface area contributed by atoms with Gasteiger partial charge in [-0.05, 0) is 13.0 Å². The van der Waals surface area contributed by atoms with Crippen molar-refractivity contribution in [3.8, 4) is 17.2 Å². The molecule has 0 bridgehead atoms. The van der Waals surface area contributed by atoms with Crippen molar-refractivity contribution in [3.63, 3.8) is 0 Å². The second-order valence-electron chi connectivity index (χ2n) is 12.3. The van der Waals surface area contributed by atoms with E-state index in [0.29, 0.717) is 19.6 Å². The van der Waals surface area contributed by atoms with Crippen LogP contribution in [-0.2, 0) is 34.9 Å². The number of carbonyl (C=O) groups excluding carboxylic acids is 3. The van der Waals surface area contributed by atoms with Crippen molar-refractivity contribution in [1.82, 2.24) is 4.90 Å². The predicted molar refractivity (Wildman–Crippen MR) is 154 cm³/mol. The first-order valence-corrected chi connectivity index (χ1v) is 15.1. The summed E-state index contributed by atoms with van der Waals surface area (Å²) in [4.78, 5) is 42.6. The van der Waals surface area contributed by atoms with Crippen LogP contribution >= 0.6 is 0 Å². The number of carbonyl (C=O) groups is 3. The molecular formula is C32H35NO13. The minimum Gasteiger partial charge on any atom is -0.507 e. The highest BCUT2D eigenvalue weighted by Crippen LogP contribution is 2.53. The van der Waals surface area contributed by atoms with Crippen molar-refractivity contribution in [2.45, 2.75) is 74.9 Å². The maximum Gasteiger partial charge on any atom is 0.202 e. The molecule has 7 rings (SSSR count). The van der Waals surface area contributed by atoms with Gasteiger partial charge in [0.2, 0.25) is 5.78 Å². The summed E-state index contributed by atoms with van der Waals surface area (Å²) in [5, 5.41) is 44.5. The molecule has 2 aromatic carbocycles. The standard InChI is InChI=1S/C32H35NO13/c1-13-29-16(33-7-8-43-31(42-3)30(33)46-29)9-20(44-13)45-18-11-32(40,19(35)12-34)10-15-22(18)28(39)24-23(26(15)37)25(36)14-5-4-6-17(41-2)21(14)27(24)38/h4-6,13,16,18,20,29-31,34,37,39-40H,7-12H2,1-3H3/t13-,16-,18-,20?,29+,30?,31-,32-/m0/s1. The van der Waals surface area contributed by atoms with Crippen LogP contribution in [0, 0.1) is 0 Å². The van der Waals surface area contributed by atoms with Crippen molar-refractivity contribution in [2.75, 3.05) is 34.0 Å². The van der Waals surface area contributed by atoms with E-state index in [0.717, 1.165) is 0 Å². The lowest BCUT2D eigenvalue weighted by atomic mass is 9.72. The van der Waals surface area contributed by atoms with Crippen LogP contribution < -0.4 is 4.74 Å². The molecule has 5 aliphatic rings. The maximum absolute atomic E-state index is 13.9. The molecule has 3 fully saturated rings. The Kier molecular flexibility index (Phi) is 7.68. The Bertz CT molecular complexity index is 1630. The molecule has 14 nitrogen and oxygen atoms in total. The summed E-state index contributed by atoms with van der Waals surface area (Å²) in [6.07, 6.45) is -4.79. The lowest BCUT2D eigenvalue weighted by Crippen LogP contribution is -2.55. The molecule has 2 aromatic rings. The average Bonchev–Trinajstić information content (AvgIpc) is 3.43. The number of morpholine rings is 1. The molecule has 0 spiro atoms. The minimum atomic E-state index is -2.23. The Labute approximate surface area is 263 Å². The van der Waals surface area contributed by atoms with E-state index in [1.807, 2.05) is 6.92 Å². The zero-order valence-corrected chi connectivity index (χ0v) is 25.4. The van der Waals surface area contributed by atoms with Gasteiger partial charge in [0.1, 0.15) is 35.6 Å². The van der Waals surface area contributed by atoms with Crippen molar-refractivity contribution >= 4 is 17.3 Å². The van der Waals surface area contributed by atoms with Gasteiger partial charge in [0.15, 0.2) is 30.4 Å². The quantitative estimate of drug-likeness (QED) is 0.275. The third-order valence-corrected chi connectivity index (χ3v) is 9.84. The van der Waals surface area contributed by atoms with E-state index in [1.54, 1.807) is 0 Å². The Morgan fingerprint density at radius 3 is 2.57 bits per heavy atom. The summed E-state index contributed by atoms with van der Waals surface area (Å²) in [5.74, 6) is -3.61. The number of aliphatic hydroxyl groups excluding tert-OH is 1. The average molecular weight is 642 g/mol. The van der Waals surface area contributed by atoms with Crippen molar-refractivity contribution < 1.29 is 63.2 Å². The largest absolute Gasteiger partial charge is 0.507 e. The summed E-state index contributed by atoms with van der Waals surface area (Å²) >= 11 is 0. The number of phenols is 2. The first-order chi connectivity index (χ1) is 22.0. The van der Waals surface area contributed by atoms with Gasteiger partial charge >= 0.3 is 0 Å². The molecule has 0 saturated carbocycles. The number of ether oxygens (including phenoxy) is 6. The number of benzene rings is 2. The second kappa shape index (κ2) is 11.3. The van der Waals surface area contributed by atoms with Gasteiger partial charge in [-0.25, -0.2) is 0 Å². The summed E-state index contributed by atoms with van der Waals surface area (Å²) < 4.78 is 35.3. The van der Waals surface area contributed by atoms with Gasteiger partial charge in [-0.1, -0.05) is 12.1 Å². The fraction of sp³-hybridized carbons (Fsp3) is 0.531. The van der Waals surface area contributed by atoms with E-state index in [9.17, 15) is 34.8 Å². The first kappa shape index (κ1) is 31.1. The number of aliphatic hydroxyl groups is 2. The van der Waals surface area contributed by atoms with Gasteiger partial charge in [0, 0.05) is 55.6 Å². The Hall–Kier alpha value is -3.47. The molecule has 46 heavy (non-hydrogen) atoms. The molecule has 0 aromatic heterocycles. The summed E-state index contributed by atoms with van der Waals surface area (Å²) in [7, 11) is 2.88. The molecule has 3 heterocycles. The summed E-state index contributed by atoms with van der Waals surface area (Å²) in [6, 6.07) is 4.26. The number of hydrogen-bond acceptors (Lipinski definition) is 14. The molecule has 8 atom stereocenters. The smallest absolute Gasteiger partial charge is 0.202 e. The topological polar surface area (TPSA) is 191 Å². The zero-order chi connectivity index (χ0) is 32.7. The molecule has 14 heteroatoms.